The molecule has 1 aliphatic heterocycles. The van der Waals surface area contributed by atoms with Gasteiger partial charge >= 0.3 is 0 Å². The summed E-state index contributed by atoms with van der Waals surface area (Å²) in [7, 11) is 1.92. The minimum Gasteiger partial charge on any atom is -0.493 e. The number of nitrogens with zero attached hydrogens (tertiary/aromatic N) is 4. The van der Waals surface area contributed by atoms with Crippen LogP contribution >= 0.6 is 0 Å². The van der Waals surface area contributed by atoms with Gasteiger partial charge in [-0.05, 0) is 31.0 Å². The second kappa shape index (κ2) is 9.59. The molecule has 0 spiro atoms. The first kappa shape index (κ1) is 20.8. The van der Waals surface area contributed by atoms with Crippen LogP contribution in [-0.4, -0.2) is 33.9 Å². The Labute approximate surface area is 181 Å². The van der Waals surface area contributed by atoms with E-state index < -0.39 is 0 Å². The molecule has 1 unspecified atom stereocenters. The number of ether oxygens (including phenoxy) is 1. The zero-order chi connectivity index (χ0) is 21.6. The van der Waals surface area contributed by atoms with E-state index >= 15 is 0 Å². The molecule has 0 saturated heterocycles. The summed E-state index contributed by atoms with van der Waals surface area (Å²) in [6.45, 7) is 3.48. The van der Waals surface area contributed by atoms with Gasteiger partial charge in [0.15, 0.2) is 11.8 Å². The molecule has 31 heavy (non-hydrogen) atoms. The molecule has 2 N–H and O–H groups in total. The highest BCUT2D eigenvalue weighted by atomic mass is 19.1. The molecule has 4 rings (SSSR count). The number of hydrogen-bond donors (Lipinski definition) is 2. The van der Waals surface area contributed by atoms with Crippen LogP contribution in [0, 0.1) is 12.7 Å². The van der Waals surface area contributed by atoms with Crippen molar-refractivity contribution in [2.75, 3.05) is 13.2 Å². The molecule has 3 aromatic rings. The van der Waals surface area contributed by atoms with Gasteiger partial charge in [0.1, 0.15) is 23.9 Å². The zero-order valence-corrected chi connectivity index (χ0v) is 17.8. The molecule has 0 aliphatic carbocycles. The summed E-state index contributed by atoms with van der Waals surface area (Å²) in [6, 6.07) is 14.9. The molecular weight excluding hydrogens is 395 g/mol. The van der Waals surface area contributed by atoms with Gasteiger partial charge in [-0.2, -0.15) is 0 Å². The second-order valence-electron chi connectivity index (χ2n) is 7.53. The van der Waals surface area contributed by atoms with Crippen molar-refractivity contribution < 1.29 is 9.13 Å². The van der Waals surface area contributed by atoms with Gasteiger partial charge in [-0.25, -0.2) is 9.38 Å². The van der Waals surface area contributed by atoms with E-state index in [1.54, 1.807) is 12.1 Å². The minimum absolute atomic E-state index is 0.0749. The van der Waals surface area contributed by atoms with E-state index in [0.717, 1.165) is 29.4 Å². The van der Waals surface area contributed by atoms with Gasteiger partial charge in [0, 0.05) is 25.6 Å². The smallest absolute Gasteiger partial charge is 0.192 e. The Morgan fingerprint density at radius 1 is 1.19 bits per heavy atom. The average Bonchev–Trinajstić information content (AvgIpc) is 3.11. The Bertz CT molecular complexity index is 1060. The number of benzene rings is 2. The van der Waals surface area contributed by atoms with Crippen LogP contribution in [0.5, 0.6) is 5.75 Å². The van der Waals surface area contributed by atoms with E-state index in [2.05, 4.69) is 26.9 Å². The van der Waals surface area contributed by atoms with Crippen LogP contribution in [0.4, 0.5) is 4.39 Å². The number of aliphatic imine (C=N–C) groups is 1. The van der Waals surface area contributed by atoms with Gasteiger partial charge in [-0.15, -0.1) is 10.2 Å². The number of guanidine groups is 1. The quantitative estimate of drug-likeness (QED) is 0.472. The van der Waals surface area contributed by atoms with Gasteiger partial charge in [0.2, 0.25) is 0 Å². The SMILES string of the molecule is Cc1nnc(CN=C(NCCc2ccccc2F)NC2CCOc3ccccc32)n1C. The van der Waals surface area contributed by atoms with Crippen molar-refractivity contribution in [1.29, 1.82) is 0 Å². The molecule has 1 aromatic heterocycles. The molecular formula is C23H27FN6O. The monoisotopic (exact) mass is 422 g/mol. The third-order valence-corrected chi connectivity index (χ3v) is 5.48. The number of para-hydroxylation sites is 1. The van der Waals surface area contributed by atoms with Crippen molar-refractivity contribution in [2.45, 2.75) is 32.4 Å². The summed E-state index contributed by atoms with van der Waals surface area (Å²) >= 11 is 0. The lowest BCUT2D eigenvalue weighted by Crippen LogP contribution is -2.42. The van der Waals surface area contributed by atoms with Gasteiger partial charge in [-0.1, -0.05) is 36.4 Å². The number of aromatic nitrogens is 3. The Hall–Kier alpha value is -3.42. The number of fused-ring (bicyclic) bond motifs is 1. The van der Waals surface area contributed by atoms with Crippen LogP contribution in [0.1, 0.15) is 35.2 Å². The lowest BCUT2D eigenvalue weighted by molar-refractivity contribution is 0.261. The molecule has 0 bridgehead atoms. The van der Waals surface area contributed by atoms with Crippen molar-refractivity contribution in [3.63, 3.8) is 0 Å². The standard InChI is InChI=1S/C23H27FN6O/c1-16-28-29-22(30(16)2)15-26-23(25-13-11-17-7-3-5-9-19(17)24)27-20-12-14-31-21-10-6-4-8-18(20)21/h3-10,20H,11-15H2,1-2H3,(H2,25,26,27). The molecule has 162 valence electrons. The third-order valence-electron chi connectivity index (χ3n) is 5.48. The van der Waals surface area contributed by atoms with Gasteiger partial charge in [0.05, 0.1) is 12.6 Å². The summed E-state index contributed by atoms with van der Waals surface area (Å²) in [5.74, 6) is 2.97. The molecule has 0 fully saturated rings. The second-order valence-corrected chi connectivity index (χ2v) is 7.53. The number of hydrogen-bond acceptors (Lipinski definition) is 4. The van der Waals surface area contributed by atoms with E-state index in [1.807, 2.05) is 42.8 Å². The summed E-state index contributed by atoms with van der Waals surface area (Å²) in [6.07, 6.45) is 1.38. The lowest BCUT2D eigenvalue weighted by atomic mass is 10.0. The fourth-order valence-corrected chi connectivity index (χ4v) is 3.56. The van der Waals surface area contributed by atoms with Crippen LogP contribution in [-0.2, 0) is 20.0 Å². The first-order valence-corrected chi connectivity index (χ1v) is 10.5. The Balaban J connectivity index is 1.49. The lowest BCUT2D eigenvalue weighted by Gasteiger charge is -2.28. The molecule has 1 atom stereocenters. The molecule has 0 amide bonds. The number of aryl methyl sites for hydroxylation is 1. The summed E-state index contributed by atoms with van der Waals surface area (Å²) in [5.41, 5.74) is 1.78. The summed E-state index contributed by atoms with van der Waals surface area (Å²) in [4.78, 5) is 4.73. The van der Waals surface area contributed by atoms with Crippen LogP contribution < -0.4 is 15.4 Å². The maximum absolute atomic E-state index is 14.0. The van der Waals surface area contributed by atoms with E-state index in [9.17, 15) is 4.39 Å². The van der Waals surface area contributed by atoms with E-state index in [1.165, 1.54) is 6.07 Å². The fourth-order valence-electron chi connectivity index (χ4n) is 3.56. The van der Waals surface area contributed by atoms with E-state index in [-0.39, 0.29) is 11.9 Å². The predicted octanol–water partition coefficient (Wildman–Crippen LogP) is 3.06. The van der Waals surface area contributed by atoms with Crippen LogP contribution in [0.3, 0.4) is 0 Å². The summed E-state index contributed by atoms with van der Waals surface area (Å²) < 4.78 is 21.7. The average molecular weight is 423 g/mol. The van der Waals surface area contributed by atoms with Crippen molar-refractivity contribution in [3.8, 4) is 5.75 Å². The molecule has 7 nitrogen and oxygen atoms in total. The van der Waals surface area contributed by atoms with Crippen molar-refractivity contribution >= 4 is 5.96 Å². The van der Waals surface area contributed by atoms with Crippen molar-refractivity contribution in [3.05, 3.63) is 77.1 Å². The Kier molecular flexibility index (Phi) is 6.45. The zero-order valence-electron chi connectivity index (χ0n) is 17.8. The van der Waals surface area contributed by atoms with Crippen LogP contribution in [0.25, 0.3) is 0 Å². The fraction of sp³-hybridized carbons (Fsp3) is 0.348. The molecule has 8 heteroatoms. The van der Waals surface area contributed by atoms with E-state index in [0.29, 0.717) is 37.6 Å². The minimum atomic E-state index is -0.191. The van der Waals surface area contributed by atoms with E-state index in [4.69, 9.17) is 9.73 Å². The van der Waals surface area contributed by atoms with Crippen molar-refractivity contribution in [2.24, 2.45) is 12.0 Å². The highest BCUT2D eigenvalue weighted by Crippen LogP contribution is 2.31. The molecule has 0 radical (unpaired) electrons. The van der Waals surface area contributed by atoms with Crippen LogP contribution in [0.15, 0.2) is 53.5 Å². The Morgan fingerprint density at radius 2 is 2.00 bits per heavy atom. The normalized spacial score (nSPS) is 15.8. The summed E-state index contributed by atoms with van der Waals surface area (Å²) in [5, 5.41) is 15.1. The molecule has 0 saturated carbocycles. The highest BCUT2D eigenvalue weighted by Gasteiger charge is 2.22. The van der Waals surface area contributed by atoms with Gasteiger partial charge < -0.3 is 19.9 Å². The third kappa shape index (κ3) is 5.02. The Morgan fingerprint density at radius 3 is 2.81 bits per heavy atom. The first-order chi connectivity index (χ1) is 15.1. The number of halogens is 1. The number of rotatable bonds is 6. The molecule has 2 aromatic carbocycles. The maximum atomic E-state index is 14.0. The number of nitrogens with one attached hydrogen (secondary N) is 2. The van der Waals surface area contributed by atoms with Gasteiger partial charge in [-0.3, -0.25) is 0 Å². The first-order valence-electron chi connectivity index (χ1n) is 10.5. The van der Waals surface area contributed by atoms with Gasteiger partial charge in [0.25, 0.3) is 0 Å². The molecule has 2 heterocycles. The predicted molar refractivity (Wildman–Crippen MR) is 117 cm³/mol. The maximum Gasteiger partial charge on any atom is 0.192 e. The largest absolute Gasteiger partial charge is 0.493 e. The van der Waals surface area contributed by atoms with Crippen LogP contribution in [0.2, 0.25) is 0 Å². The van der Waals surface area contributed by atoms with Crippen molar-refractivity contribution in [1.82, 2.24) is 25.4 Å². The topological polar surface area (TPSA) is 76.4 Å². The molecule has 1 aliphatic rings. The highest BCUT2D eigenvalue weighted by molar-refractivity contribution is 5.80.